The maximum atomic E-state index is 5.99. The van der Waals surface area contributed by atoms with Crippen molar-refractivity contribution in [1.29, 1.82) is 0 Å². The lowest BCUT2D eigenvalue weighted by molar-refractivity contribution is 0.111. The summed E-state index contributed by atoms with van der Waals surface area (Å²) in [4.78, 5) is 2.38. The standard InChI is InChI=1S/C13H24N4O/c1-9-12(13(18-4)17(3)15-9)11(8-14)16(2)10-6-5-7-10/h10-11H,5-8,14H2,1-4H3. The van der Waals surface area contributed by atoms with E-state index in [2.05, 4.69) is 17.0 Å². The molecule has 1 fully saturated rings. The first-order valence-corrected chi connectivity index (χ1v) is 6.59. The fourth-order valence-electron chi connectivity index (χ4n) is 2.82. The van der Waals surface area contributed by atoms with Crippen LogP contribution in [0.1, 0.15) is 36.6 Å². The van der Waals surface area contributed by atoms with Crippen molar-refractivity contribution in [3.05, 3.63) is 11.3 Å². The Kier molecular flexibility index (Phi) is 3.92. The van der Waals surface area contributed by atoms with Gasteiger partial charge in [0.15, 0.2) is 0 Å². The minimum Gasteiger partial charge on any atom is -0.481 e. The van der Waals surface area contributed by atoms with E-state index in [0.29, 0.717) is 12.6 Å². The maximum Gasteiger partial charge on any atom is 0.216 e. The van der Waals surface area contributed by atoms with E-state index in [0.717, 1.165) is 17.1 Å². The Labute approximate surface area is 109 Å². The average molecular weight is 252 g/mol. The summed E-state index contributed by atoms with van der Waals surface area (Å²) in [6, 6.07) is 0.849. The van der Waals surface area contributed by atoms with Crippen LogP contribution in [-0.4, -0.2) is 41.4 Å². The fourth-order valence-corrected chi connectivity index (χ4v) is 2.82. The van der Waals surface area contributed by atoms with Gasteiger partial charge in [-0.15, -0.1) is 0 Å². The van der Waals surface area contributed by atoms with E-state index in [1.165, 1.54) is 19.3 Å². The molecule has 1 atom stereocenters. The molecule has 2 rings (SSSR count). The molecule has 1 aliphatic carbocycles. The summed E-state index contributed by atoms with van der Waals surface area (Å²) < 4.78 is 7.27. The molecule has 5 nitrogen and oxygen atoms in total. The van der Waals surface area contributed by atoms with Crippen molar-refractivity contribution in [2.24, 2.45) is 12.8 Å². The van der Waals surface area contributed by atoms with Gasteiger partial charge in [-0.1, -0.05) is 6.42 Å². The van der Waals surface area contributed by atoms with Crippen LogP contribution in [0.25, 0.3) is 0 Å². The first-order chi connectivity index (χ1) is 8.60. The Morgan fingerprint density at radius 1 is 1.56 bits per heavy atom. The second-order valence-electron chi connectivity index (χ2n) is 5.13. The van der Waals surface area contributed by atoms with E-state index in [1.807, 2.05) is 14.0 Å². The minimum atomic E-state index is 0.193. The molecule has 1 aromatic heterocycles. The van der Waals surface area contributed by atoms with Gasteiger partial charge in [-0.2, -0.15) is 5.10 Å². The van der Waals surface area contributed by atoms with Gasteiger partial charge in [0, 0.05) is 19.6 Å². The zero-order valence-electron chi connectivity index (χ0n) is 11.8. The number of aromatic nitrogens is 2. The lowest BCUT2D eigenvalue weighted by Gasteiger charge is -2.39. The number of ether oxygens (including phenoxy) is 1. The van der Waals surface area contributed by atoms with Gasteiger partial charge in [-0.3, -0.25) is 4.90 Å². The number of hydrogen-bond acceptors (Lipinski definition) is 4. The average Bonchev–Trinajstić information content (AvgIpc) is 2.52. The molecule has 1 aliphatic rings. The van der Waals surface area contributed by atoms with Crippen molar-refractivity contribution in [2.45, 2.75) is 38.3 Å². The highest BCUT2D eigenvalue weighted by atomic mass is 16.5. The Morgan fingerprint density at radius 3 is 2.67 bits per heavy atom. The van der Waals surface area contributed by atoms with Gasteiger partial charge in [0.1, 0.15) is 0 Å². The molecule has 18 heavy (non-hydrogen) atoms. The summed E-state index contributed by atoms with van der Waals surface area (Å²) in [7, 11) is 5.76. The summed E-state index contributed by atoms with van der Waals surface area (Å²) in [5, 5.41) is 4.45. The summed E-state index contributed by atoms with van der Waals surface area (Å²) in [5.41, 5.74) is 8.14. The first kappa shape index (κ1) is 13.4. The molecular weight excluding hydrogens is 228 g/mol. The van der Waals surface area contributed by atoms with E-state index in [4.69, 9.17) is 10.5 Å². The maximum absolute atomic E-state index is 5.99. The number of aryl methyl sites for hydroxylation is 2. The molecule has 1 aromatic rings. The summed E-state index contributed by atoms with van der Waals surface area (Å²) in [6.45, 7) is 2.62. The second-order valence-corrected chi connectivity index (χ2v) is 5.13. The molecule has 0 aromatic carbocycles. The topological polar surface area (TPSA) is 56.3 Å². The molecule has 102 valence electrons. The van der Waals surface area contributed by atoms with Crippen LogP contribution in [0.5, 0.6) is 5.88 Å². The van der Waals surface area contributed by atoms with Gasteiger partial charge in [0.05, 0.1) is 24.4 Å². The molecule has 0 amide bonds. The summed E-state index contributed by atoms with van der Waals surface area (Å²) in [5.74, 6) is 0.828. The third-order valence-electron chi connectivity index (χ3n) is 4.11. The highest BCUT2D eigenvalue weighted by molar-refractivity contribution is 5.34. The molecule has 1 saturated carbocycles. The molecule has 0 saturated heterocycles. The third-order valence-corrected chi connectivity index (χ3v) is 4.11. The normalized spacial score (nSPS) is 17.9. The second kappa shape index (κ2) is 5.28. The number of hydrogen-bond donors (Lipinski definition) is 1. The van der Waals surface area contributed by atoms with E-state index >= 15 is 0 Å². The van der Waals surface area contributed by atoms with Crippen LogP contribution in [0.2, 0.25) is 0 Å². The lowest BCUT2D eigenvalue weighted by Crippen LogP contribution is -2.42. The molecule has 0 spiro atoms. The predicted molar refractivity (Wildman–Crippen MR) is 71.7 cm³/mol. The molecule has 1 heterocycles. The summed E-state index contributed by atoms with van der Waals surface area (Å²) in [6.07, 6.45) is 3.87. The van der Waals surface area contributed by atoms with Crippen molar-refractivity contribution in [2.75, 3.05) is 20.7 Å². The Hall–Kier alpha value is -1.07. The van der Waals surface area contributed by atoms with Gasteiger partial charge < -0.3 is 10.5 Å². The van der Waals surface area contributed by atoms with Gasteiger partial charge >= 0.3 is 0 Å². The minimum absolute atomic E-state index is 0.193. The first-order valence-electron chi connectivity index (χ1n) is 6.59. The Morgan fingerprint density at radius 2 is 2.22 bits per heavy atom. The summed E-state index contributed by atoms with van der Waals surface area (Å²) >= 11 is 0. The number of rotatable bonds is 5. The zero-order valence-corrected chi connectivity index (χ0v) is 11.8. The van der Waals surface area contributed by atoms with Gasteiger partial charge in [0.2, 0.25) is 5.88 Å². The molecule has 1 unspecified atom stereocenters. The number of nitrogens with zero attached hydrogens (tertiary/aromatic N) is 3. The van der Waals surface area contributed by atoms with E-state index in [1.54, 1.807) is 11.8 Å². The molecule has 5 heteroatoms. The zero-order chi connectivity index (χ0) is 13.3. The van der Waals surface area contributed by atoms with Crippen molar-refractivity contribution in [3.63, 3.8) is 0 Å². The Bertz CT molecular complexity index is 411. The molecular formula is C13H24N4O. The van der Waals surface area contributed by atoms with E-state index in [9.17, 15) is 0 Å². The van der Waals surface area contributed by atoms with Crippen LogP contribution in [0.3, 0.4) is 0 Å². The molecule has 0 bridgehead atoms. The van der Waals surface area contributed by atoms with Crippen LogP contribution in [0.15, 0.2) is 0 Å². The Balaban J connectivity index is 2.31. The van der Waals surface area contributed by atoms with Crippen LogP contribution < -0.4 is 10.5 Å². The van der Waals surface area contributed by atoms with E-state index < -0.39 is 0 Å². The fraction of sp³-hybridized carbons (Fsp3) is 0.769. The molecule has 0 radical (unpaired) electrons. The van der Waals surface area contributed by atoms with Crippen LogP contribution >= 0.6 is 0 Å². The van der Waals surface area contributed by atoms with E-state index in [-0.39, 0.29) is 6.04 Å². The smallest absolute Gasteiger partial charge is 0.216 e. The van der Waals surface area contributed by atoms with Gasteiger partial charge in [0.25, 0.3) is 0 Å². The monoisotopic (exact) mass is 252 g/mol. The lowest BCUT2D eigenvalue weighted by atomic mass is 9.89. The van der Waals surface area contributed by atoms with Gasteiger partial charge in [-0.25, -0.2) is 4.68 Å². The van der Waals surface area contributed by atoms with Crippen LogP contribution in [0.4, 0.5) is 0 Å². The van der Waals surface area contributed by atoms with Crippen LogP contribution in [0, 0.1) is 6.92 Å². The quantitative estimate of drug-likeness (QED) is 0.856. The number of methoxy groups -OCH3 is 1. The third kappa shape index (κ3) is 2.12. The SMILES string of the molecule is COc1c(C(CN)N(C)C2CCC2)c(C)nn1C. The van der Waals surface area contributed by atoms with Crippen molar-refractivity contribution >= 4 is 0 Å². The highest BCUT2D eigenvalue weighted by Crippen LogP contribution is 2.35. The highest BCUT2D eigenvalue weighted by Gasteiger charge is 2.31. The predicted octanol–water partition coefficient (Wildman–Crippen LogP) is 1.22. The van der Waals surface area contributed by atoms with Crippen molar-refractivity contribution in [3.8, 4) is 5.88 Å². The van der Waals surface area contributed by atoms with Crippen LogP contribution in [-0.2, 0) is 7.05 Å². The number of nitrogens with two attached hydrogens (primary N) is 1. The van der Waals surface area contributed by atoms with Crippen molar-refractivity contribution < 1.29 is 4.74 Å². The number of likely N-dealkylation sites (N-methyl/N-ethyl adjacent to an activating group) is 1. The van der Waals surface area contributed by atoms with Crippen molar-refractivity contribution in [1.82, 2.24) is 14.7 Å². The molecule has 2 N–H and O–H groups in total. The van der Waals surface area contributed by atoms with Gasteiger partial charge in [-0.05, 0) is 26.8 Å². The molecule has 0 aliphatic heterocycles. The largest absolute Gasteiger partial charge is 0.481 e.